The van der Waals surface area contributed by atoms with Crippen molar-refractivity contribution in [1.29, 1.82) is 5.26 Å². The molecule has 0 saturated heterocycles. The molecular formula is C18H20N2O4S. The van der Waals surface area contributed by atoms with Crippen molar-refractivity contribution < 1.29 is 17.9 Å². The zero-order chi connectivity index (χ0) is 18.8. The molecule has 0 aliphatic heterocycles. The third-order valence-electron chi connectivity index (χ3n) is 4.02. The lowest BCUT2D eigenvalue weighted by Gasteiger charge is -2.10. The van der Waals surface area contributed by atoms with Crippen LogP contribution in [0.5, 0.6) is 0 Å². The minimum atomic E-state index is -3.58. The summed E-state index contributed by atoms with van der Waals surface area (Å²) < 4.78 is 31.4. The predicted octanol–water partition coefficient (Wildman–Crippen LogP) is 3.02. The standard InChI is InChI=1S/C18H20N2O4S/c1-5-10-25(22,23)20-12(2)16(17(13(20)3)18(21)24-4)15-8-6-14(11-19)7-9-15/h6-9H,5,10H2,1-4H3. The van der Waals surface area contributed by atoms with Crippen molar-refractivity contribution in [2.45, 2.75) is 27.2 Å². The molecule has 7 heteroatoms. The molecule has 1 aromatic carbocycles. The first-order valence-corrected chi connectivity index (χ1v) is 9.43. The van der Waals surface area contributed by atoms with E-state index in [4.69, 9.17) is 10.00 Å². The summed E-state index contributed by atoms with van der Waals surface area (Å²) in [5.41, 5.74) is 2.66. The molecule has 0 N–H and O–H groups in total. The van der Waals surface area contributed by atoms with Crippen LogP contribution in [0.2, 0.25) is 0 Å². The van der Waals surface area contributed by atoms with Crippen LogP contribution in [-0.4, -0.2) is 31.2 Å². The van der Waals surface area contributed by atoms with Crippen molar-refractivity contribution in [1.82, 2.24) is 3.97 Å². The van der Waals surface area contributed by atoms with E-state index in [1.807, 2.05) is 6.07 Å². The van der Waals surface area contributed by atoms with Gasteiger partial charge in [0.05, 0.1) is 30.1 Å². The summed E-state index contributed by atoms with van der Waals surface area (Å²) in [7, 11) is -2.32. The molecule has 6 nitrogen and oxygen atoms in total. The van der Waals surface area contributed by atoms with Crippen LogP contribution in [0.3, 0.4) is 0 Å². The van der Waals surface area contributed by atoms with Gasteiger partial charge in [-0.05, 0) is 38.0 Å². The quantitative estimate of drug-likeness (QED) is 0.765. The second kappa shape index (κ2) is 7.11. The third-order valence-corrected chi connectivity index (χ3v) is 6.04. The summed E-state index contributed by atoms with van der Waals surface area (Å²) in [5.74, 6) is -0.609. The van der Waals surface area contributed by atoms with Crippen LogP contribution in [0.1, 0.15) is 40.7 Å². The van der Waals surface area contributed by atoms with Crippen molar-refractivity contribution in [2.24, 2.45) is 0 Å². The molecule has 1 aromatic heterocycles. The molecule has 25 heavy (non-hydrogen) atoms. The Morgan fingerprint density at radius 1 is 1.20 bits per heavy atom. The van der Waals surface area contributed by atoms with Crippen LogP contribution in [0.25, 0.3) is 11.1 Å². The molecule has 0 aliphatic rings. The number of hydrogen-bond donors (Lipinski definition) is 0. The number of nitrogens with zero attached hydrogens (tertiary/aromatic N) is 2. The Labute approximate surface area is 147 Å². The molecule has 0 atom stereocenters. The summed E-state index contributed by atoms with van der Waals surface area (Å²) in [6, 6.07) is 8.69. The van der Waals surface area contributed by atoms with Crippen molar-refractivity contribution in [3.63, 3.8) is 0 Å². The van der Waals surface area contributed by atoms with Crippen molar-refractivity contribution in [3.8, 4) is 17.2 Å². The summed E-state index contributed by atoms with van der Waals surface area (Å²) in [5, 5.41) is 8.94. The normalized spacial score (nSPS) is 11.2. The van der Waals surface area contributed by atoms with E-state index < -0.39 is 16.0 Å². The van der Waals surface area contributed by atoms with E-state index in [9.17, 15) is 13.2 Å². The SMILES string of the molecule is CCCS(=O)(=O)n1c(C)c(C(=O)OC)c(-c2ccc(C#N)cc2)c1C. The summed E-state index contributed by atoms with van der Waals surface area (Å²) in [6.07, 6.45) is 0.471. The average Bonchev–Trinajstić information content (AvgIpc) is 2.85. The number of hydrogen-bond acceptors (Lipinski definition) is 5. The average molecular weight is 360 g/mol. The van der Waals surface area contributed by atoms with Gasteiger partial charge < -0.3 is 4.74 Å². The Bertz CT molecular complexity index is 948. The van der Waals surface area contributed by atoms with Gasteiger partial charge in [-0.3, -0.25) is 0 Å². The fraction of sp³-hybridized carbons (Fsp3) is 0.333. The second-order valence-electron chi connectivity index (χ2n) is 5.68. The minimum Gasteiger partial charge on any atom is -0.465 e. The smallest absolute Gasteiger partial charge is 0.340 e. The Hall–Kier alpha value is -2.59. The van der Waals surface area contributed by atoms with Gasteiger partial charge in [-0.1, -0.05) is 19.1 Å². The molecular weight excluding hydrogens is 340 g/mol. The van der Waals surface area contributed by atoms with Crippen LogP contribution >= 0.6 is 0 Å². The van der Waals surface area contributed by atoms with Gasteiger partial charge in [0, 0.05) is 17.0 Å². The van der Waals surface area contributed by atoms with Gasteiger partial charge in [0.15, 0.2) is 0 Å². The number of rotatable bonds is 5. The molecule has 0 unspecified atom stereocenters. The number of methoxy groups -OCH3 is 1. The first-order valence-electron chi connectivity index (χ1n) is 7.82. The Morgan fingerprint density at radius 2 is 1.80 bits per heavy atom. The number of carbonyl (C=O) groups excluding carboxylic acids is 1. The highest BCUT2D eigenvalue weighted by molar-refractivity contribution is 7.89. The van der Waals surface area contributed by atoms with E-state index in [0.29, 0.717) is 34.5 Å². The molecule has 0 aliphatic carbocycles. The maximum absolute atomic E-state index is 12.6. The van der Waals surface area contributed by atoms with Gasteiger partial charge in [0.2, 0.25) is 10.0 Å². The van der Waals surface area contributed by atoms with Crippen LogP contribution < -0.4 is 0 Å². The second-order valence-corrected chi connectivity index (χ2v) is 7.62. The highest BCUT2D eigenvalue weighted by Gasteiger charge is 2.29. The number of carbonyl (C=O) groups is 1. The first kappa shape index (κ1) is 18.7. The minimum absolute atomic E-state index is 0.0171. The maximum Gasteiger partial charge on any atom is 0.340 e. The fourth-order valence-corrected chi connectivity index (χ4v) is 4.72. The maximum atomic E-state index is 12.6. The third kappa shape index (κ3) is 3.30. The molecule has 0 radical (unpaired) electrons. The van der Waals surface area contributed by atoms with Gasteiger partial charge in [-0.25, -0.2) is 17.2 Å². The molecule has 0 amide bonds. The zero-order valence-corrected chi connectivity index (χ0v) is 15.5. The topological polar surface area (TPSA) is 89.2 Å². The molecule has 0 saturated carbocycles. The number of aromatic nitrogens is 1. The van der Waals surface area contributed by atoms with Gasteiger partial charge in [0.25, 0.3) is 0 Å². The molecule has 0 bridgehead atoms. The monoisotopic (exact) mass is 360 g/mol. The number of esters is 1. The van der Waals surface area contributed by atoms with E-state index in [1.165, 1.54) is 11.1 Å². The molecule has 132 valence electrons. The molecule has 2 rings (SSSR count). The van der Waals surface area contributed by atoms with Gasteiger partial charge in [0.1, 0.15) is 0 Å². The summed E-state index contributed by atoms with van der Waals surface area (Å²) in [6.45, 7) is 5.05. The van der Waals surface area contributed by atoms with Crippen LogP contribution in [0.15, 0.2) is 24.3 Å². The zero-order valence-electron chi connectivity index (χ0n) is 14.7. The number of nitriles is 1. The Kier molecular flexibility index (Phi) is 5.33. The Morgan fingerprint density at radius 3 is 2.28 bits per heavy atom. The largest absolute Gasteiger partial charge is 0.465 e. The number of ether oxygens (including phenoxy) is 1. The van der Waals surface area contributed by atoms with E-state index in [2.05, 4.69) is 0 Å². The summed E-state index contributed by atoms with van der Waals surface area (Å²) in [4.78, 5) is 12.3. The predicted molar refractivity (Wildman–Crippen MR) is 94.9 cm³/mol. The van der Waals surface area contributed by atoms with Crippen LogP contribution in [0.4, 0.5) is 0 Å². The van der Waals surface area contributed by atoms with Gasteiger partial charge >= 0.3 is 5.97 Å². The van der Waals surface area contributed by atoms with Crippen LogP contribution in [0, 0.1) is 25.2 Å². The van der Waals surface area contributed by atoms with E-state index in [-0.39, 0.29) is 11.3 Å². The highest BCUT2D eigenvalue weighted by atomic mass is 32.2. The molecule has 2 aromatic rings. The van der Waals surface area contributed by atoms with Gasteiger partial charge in [-0.2, -0.15) is 5.26 Å². The number of benzene rings is 1. The fourth-order valence-electron chi connectivity index (χ4n) is 3.00. The lowest BCUT2D eigenvalue weighted by molar-refractivity contribution is 0.0601. The Balaban J connectivity index is 2.82. The summed E-state index contributed by atoms with van der Waals surface area (Å²) >= 11 is 0. The molecule has 1 heterocycles. The van der Waals surface area contributed by atoms with Crippen molar-refractivity contribution >= 4 is 16.0 Å². The lowest BCUT2D eigenvalue weighted by Crippen LogP contribution is -2.19. The lowest BCUT2D eigenvalue weighted by atomic mass is 9.99. The van der Waals surface area contributed by atoms with E-state index >= 15 is 0 Å². The van der Waals surface area contributed by atoms with Crippen LogP contribution in [-0.2, 0) is 14.8 Å². The molecule has 0 spiro atoms. The highest BCUT2D eigenvalue weighted by Crippen LogP contribution is 2.34. The first-order chi connectivity index (χ1) is 11.8. The van der Waals surface area contributed by atoms with E-state index in [1.54, 1.807) is 45.0 Å². The van der Waals surface area contributed by atoms with Gasteiger partial charge in [-0.15, -0.1) is 0 Å². The van der Waals surface area contributed by atoms with E-state index in [0.717, 1.165) is 0 Å². The van der Waals surface area contributed by atoms with Crippen molar-refractivity contribution in [2.75, 3.05) is 12.9 Å². The molecule has 0 fully saturated rings. The van der Waals surface area contributed by atoms with Crippen molar-refractivity contribution in [3.05, 3.63) is 46.8 Å².